The van der Waals surface area contributed by atoms with Gasteiger partial charge in [0.05, 0.1) is 0 Å². The zero-order valence-electron chi connectivity index (χ0n) is 4.78. The second-order valence-corrected chi connectivity index (χ2v) is 2.95. The van der Waals surface area contributed by atoms with E-state index in [4.69, 9.17) is 0 Å². The summed E-state index contributed by atoms with van der Waals surface area (Å²) in [5, 5.41) is 0. The molecule has 0 heterocycles. The average molecular weight is 173 g/mol. The summed E-state index contributed by atoms with van der Waals surface area (Å²) < 4.78 is 1.35. The highest BCUT2D eigenvalue weighted by atomic mass is 79.9. The molecule has 0 aromatic rings. The van der Waals surface area contributed by atoms with Gasteiger partial charge in [-0.1, -0.05) is 28.6 Å². The van der Waals surface area contributed by atoms with E-state index < -0.39 is 0 Å². The zero-order valence-corrected chi connectivity index (χ0v) is 6.37. The van der Waals surface area contributed by atoms with E-state index in [0.29, 0.717) is 0 Å². The highest BCUT2D eigenvalue weighted by molar-refractivity contribution is 9.11. The minimum atomic E-state index is 1.21. The number of hydrogen-bond acceptors (Lipinski definition) is 0. The van der Waals surface area contributed by atoms with E-state index in [2.05, 4.69) is 22.5 Å². The van der Waals surface area contributed by atoms with E-state index >= 15 is 0 Å². The fourth-order valence-corrected chi connectivity index (χ4v) is 1.58. The average Bonchev–Trinajstić information content (AvgIpc) is 2.14. The number of hydrogen-bond donors (Lipinski definition) is 0. The molecule has 0 radical (unpaired) electrons. The first-order valence-corrected chi connectivity index (χ1v) is 3.64. The van der Waals surface area contributed by atoms with Crippen molar-refractivity contribution in [3.63, 3.8) is 0 Å². The van der Waals surface area contributed by atoms with Crippen molar-refractivity contribution in [2.45, 2.75) is 19.3 Å². The van der Waals surface area contributed by atoms with Crippen LogP contribution in [-0.2, 0) is 0 Å². The van der Waals surface area contributed by atoms with Gasteiger partial charge in [0.1, 0.15) is 0 Å². The summed E-state index contributed by atoms with van der Waals surface area (Å²) in [5.41, 5.74) is 1.39. The Morgan fingerprint density at radius 1 is 1.50 bits per heavy atom. The van der Waals surface area contributed by atoms with Gasteiger partial charge in [-0.15, -0.1) is 0 Å². The highest BCUT2D eigenvalue weighted by Crippen LogP contribution is 2.30. The molecule has 0 spiro atoms. The van der Waals surface area contributed by atoms with Crippen molar-refractivity contribution in [1.82, 2.24) is 0 Å². The van der Waals surface area contributed by atoms with Gasteiger partial charge in [-0.2, -0.15) is 0 Å². The molecule has 0 saturated heterocycles. The molecule has 0 nitrogen and oxygen atoms in total. The molecule has 0 N–H and O–H groups in total. The summed E-state index contributed by atoms with van der Waals surface area (Å²) in [6, 6.07) is 0. The van der Waals surface area contributed by atoms with Crippen molar-refractivity contribution in [1.29, 1.82) is 0 Å². The summed E-state index contributed by atoms with van der Waals surface area (Å²) >= 11 is 3.47. The lowest BCUT2D eigenvalue weighted by atomic mass is 10.2. The maximum absolute atomic E-state index is 3.71. The Kier molecular flexibility index (Phi) is 1.90. The van der Waals surface area contributed by atoms with E-state index in [-0.39, 0.29) is 0 Å². The van der Waals surface area contributed by atoms with Crippen LogP contribution in [0.2, 0.25) is 0 Å². The molecule has 1 aliphatic carbocycles. The maximum atomic E-state index is 3.71. The molecule has 1 heteroatoms. The molecule has 0 aromatic heterocycles. The maximum Gasteiger partial charge on any atom is -0.00175 e. The Morgan fingerprint density at radius 3 is 2.50 bits per heavy atom. The molecule has 0 fully saturated rings. The number of rotatable bonds is 1. The third kappa shape index (κ3) is 1.03. The Bertz CT molecular complexity index is 133. The lowest BCUT2D eigenvalue weighted by molar-refractivity contribution is 0.914. The third-order valence-electron chi connectivity index (χ3n) is 1.44. The molecule has 0 unspecified atom stereocenters. The summed E-state index contributed by atoms with van der Waals surface area (Å²) in [7, 11) is 0. The fraction of sp³-hybridized carbons (Fsp3) is 0.429. The van der Waals surface area contributed by atoms with Crippen LogP contribution in [0.3, 0.4) is 0 Å². The molecule has 0 bridgehead atoms. The van der Waals surface area contributed by atoms with Crippen LogP contribution < -0.4 is 0 Å². The molecule has 0 aliphatic heterocycles. The molecule has 44 valence electrons. The van der Waals surface area contributed by atoms with Gasteiger partial charge in [-0.05, 0) is 29.3 Å². The van der Waals surface area contributed by atoms with Crippen LogP contribution in [0.15, 0.2) is 22.7 Å². The SMILES string of the molecule is C=CC1=C(Br)CCC1. The smallest absolute Gasteiger partial charge is 0.00175 e. The fourth-order valence-electron chi connectivity index (χ4n) is 0.943. The van der Waals surface area contributed by atoms with Crippen molar-refractivity contribution in [3.8, 4) is 0 Å². The van der Waals surface area contributed by atoms with Gasteiger partial charge >= 0.3 is 0 Å². The second kappa shape index (κ2) is 2.49. The molecule has 8 heavy (non-hydrogen) atoms. The number of halogens is 1. The van der Waals surface area contributed by atoms with Crippen LogP contribution >= 0.6 is 15.9 Å². The Labute approximate surface area is 58.4 Å². The van der Waals surface area contributed by atoms with Gasteiger partial charge in [0, 0.05) is 0 Å². The highest BCUT2D eigenvalue weighted by Gasteiger charge is 2.07. The molecular weight excluding hydrogens is 164 g/mol. The van der Waals surface area contributed by atoms with Gasteiger partial charge in [-0.3, -0.25) is 0 Å². The van der Waals surface area contributed by atoms with E-state index in [1.54, 1.807) is 0 Å². The van der Waals surface area contributed by atoms with E-state index in [1.165, 1.54) is 29.3 Å². The molecule has 0 aromatic carbocycles. The van der Waals surface area contributed by atoms with E-state index in [0.717, 1.165) is 0 Å². The molecule has 0 saturated carbocycles. The second-order valence-electron chi connectivity index (χ2n) is 1.99. The molecule has 0 amide bonds. The first kappa shape index (κ1) is 6.09. The van der Waals surface area contributed by atoms with Gasteiger partial charge in [0.2, 0.25) is 0 Å². The van der Waals surface area contributed by atoms with Gasteiger partial charge in [-0.25, -0.2) is 0 Å². The zero-order chi connectivity index (χ0) is 5.98. The Morgan fingerprint density at radius 2 is 2.25 bits per heavy atom. The number of allylic oxidation sites excluding steroid dienone is 3. The van der Waals surface area contributed by atoms with E-state index in [1.807, 2.05) is 6.08 Å². The van der Waals surface area contributed by atoms with Crippen molar-refractivity contribution in [3.05, 3.63) is 22.7 Å². The van der Waals surface area contributed by atoms with Gasteiger partial charge in [0.25, 0.3) is 0 Å². The largest absolute Gasteiger partial charge is 0.0988 e. The van der Waals surface area contributed by atoms with Crippen LogP contribution in [0.4, 0.5) is 0 Å². The monoisotopic (exact) mass is 172 g/mol. The molecule has 0 atom stereocenters. The topological polar surface area (TPSA) is 0 Å². The van der Waals surface area contributed by atoms with Crippen LogP contribution in [-0.4, -0.2) is 0 Å². The van der Waals surface area contributed by atoms with Crippen LogP contribution in [0, 0.1) is 0 Å². The van der Waals surface area contributed by atoms with Gasteiger partial charge < -0.3 is 0 Å². The van der Waals surface area contributed by atoms with Crippen LogP contribution in [0.25, 0.3) is 0 Å². The van der Waals surface area contributed by atoms with E-state index in [9.17, 15) is 0 Å². The van der Waals surface area contributed by atoms with Crippen LogP contribution in [0.1, 0.15) is 19.3 Å². The third-order valence-corrected chi connectivity index (χ3v) is 2.34. The normalized spacial score (nSPS) is 19.6. The minimum Gasteiger partial charge on any atom is -0.0988 e. The summed E-state index contributed by atoms with van der Waals surface area (Å²) in [6.07, 6.45) is 5.66. The van der Waals surface area contributed by atoms with Crippen molar-refractivity contribution in [2.75, 3.05) is 0 Å². The van der Waals surface area contributed by atoms with Gasteiger partial charge in [0.15, 0.2) is 0 Å². The Balaban J connectivity index is 2.72. The van der Waals surface area contributed by atoms with Crippen molar-refractivity contribution >= 4 is 15.9 Å². The first-order chi connectivity index (χ1) is 3.84. The summed E-state index contributed by atoms with van der Waals surface area (Å²) in [5.74, 6) is 0. The first-order valence-electron chi connectivity index (χ1n) is 2.84. The molecular formula is C7H9Br. The lowest BCUT2D eigenvalue weighted by Crippen LogP contribution is -1.66. The molecule has 1 aliphatic rings. The minimum absolute atomic E-state index is 1.21. The standard InChI is InChI=1S/C7H9Br/c1-2-6-4-3-5-7(6)8/h2H,1,3-5H2. The summed E-state index contributed by atoms with van der Waals surface area (Å²) in [4.78, 5) is 0. The summed E-state index contributed by atoms with van der Waals surface area (Å²) in [6.45, 7) is 3.71. The Hall–Kier alpha value is -0.0400. The predicted octanol–water partition coefficient (Wildman–Crippen LogP) is 3.01. The van der Waals surface area contributed by atoms with Crippen LogP contribution in [0.5, 0.6) is 0 Å². The van der Waals surface area contributed by atoms with Crippen molar-refractivity contribution in [2.24, 2.45) is 0 Å². The van der Waals surface area contributed by atoms with Crippen molar-refractivity contribution < 1.29 is 0 Å². The quantitative estimate of drug-likeness (QED) is 0.571. The molecule has 1 rings (SSSR count). The predicted molar refractivity (Wildman–Crippen MR) is 40.0 cm³/mol. The lowest BCUT2D eigenvalue weighted by Gasteiger charge is -1.88.